The van der Waals surface area contributed by atoms with E-state index in [0.717, 1.165) is 134 Å². The molecule has 0 fully saturated rings. The molecule has 12 heterocycles. The Labute approximate surface area is 859 Å². The molecular weight excluding hydrogens is 1840 g/mol. The fourth-order valence-electron chi connectivity index (χ4n) is 21.5. The number of hydrogen-bond acceptors (Lipinski definition) is 12. The Kier molecular flexibility index (Phi) is 21.4. The Morgan fingerprint density at radius 3 is 0.687 bits per heavy atom. The first-order valence-corrected chi connectivity index (χ1v) is 50.0. The summed E-state index contributed by atoms with van der Waals surface area (Å²) in [6.45, 7) is 0. The van der Waals surface area contributed by atoms with Gasteiger partial charge in [-0.2, -0.15) is 0 Å². The molecule has 0 spiro atoms. The first kappa shape index (κ1) is 87.1. The Morgan fingerprint density at radius 2 is 0.367 bits per heavy atom. The number of para-hydroxylation sites is 9. The zero-order chi connectivity index (χ0) is 99.1. The number of aromatic nitrogens is 18. The van der Waals surface area contributed by atoms with Gasteiger partial charge in [0.15, 0.2) is 52.4 Å². The number of hydrogen-bond donors (Lipinski definition) is 0. The van der Waals surface area contributed by atoms with Crippen LogP contribution in [0.5, 0.6) is 0 Å². The molecule has 0 saturated heterocycles. The quantitative estimate of drug-likeness (QED) is 0.0947. The molecule has 0 saturated carbocycles. The van der Waals surface area contributed by atoms with Crippen LogP contribution in [0.2, 0.25) is 0 Å². The SMILES string of the molecule is c1ccc(-c2nc(-c3ccccc3)nc(-c3ccc(-n4c5ccccc5c5c4ccc4c6ccccc6n(-c6ccccc6)c45)nc3)n2)cc1.c1ccc(-c2nc(-c3ccccc3)nc(-c3ccc(-n4c5ccccc5c5ccc6c7ccccc7n(-c7ccccc7)c6c54)nc3)n2)cc1.c1ccc(-c2nc(-c3ccccc3)nc(-c3cccc(-n4c5ccccc5c5ccc6c7ccccc7n(-c7ccccc7)c6c54)n3)n2)cc1. The van der Waals surface area contributed by atoms with Crippen molar-refractivity contribution < 1.29 is 0 Å². The predicted molar refractivity (Wildman–Crippen MR) is 608 cm³/mol. The van der Waals surface area contributed by atoms with Gasteiger partial charge in [-0.15, -0.1) is 0 Å². The summed E-state index contributed by atoms with van der Waals surface area (Å²) < 4.78 is 14.0. The van der Waals surface area contributed by atoms with Crippen LogP contribution in [0, 0.1) is 0 Å². The normalized spacial score (nSPS) is 11.6. The molecule has 0 aliphatic carbocycles. The van der Waals surface area contributed by atoms with Crippen LogP contribution < -0.4 is 0 Å². The predicted octanol–water partition coefficient (Wildman–Crippen LogP) is 31.4. The van der Waals surface area contributed by atoms with E-state index in [0.29, 0.717) is 58.1 Å². The number of benzene rings is 18. The molecule has 30 rings (SSSR count). The van der Waals surface area contributed by atoms with Gasteiger partial charge in [0.05, 0.1) is 66.2 Å². The van der Waals surface area contributed by atoms with E-state index in [2.05, 4.69) is 331 Å². The van der Waals surface area contributed by atoms with Crippen LogP contribution in [0.1, 0.15) is 0 Å². The van der Waals surface area contributed by atoms with Crippen molar-refractivity contribution in [1.29, 1.82) is 0 Å². The van der Waals surface area contributed by atoms with Gasteiger partial charge in [0, 0.05) is 139 Å². The van der Waals surface area contributed by atoms with Gasteiger partial charge in [-0.1, -0.05) is 382 Å². The standard InChI is InChI=1S/3C44H28N6/c1-4-15-29(16-5-1)42-46-43(30-17-6-2-7-18-30)48-44(47-42)36-23-14-26-39(45-36)50-38-25-13-11-22-33(38)35-28-27-34-32-21-10-12-24-37(32)49(40(34)41(35)50)31-19-8-3-9-20-31;1-4-14-29(15-5-1)42-46-43(30-16-6-2-7-17-30)48-44(47-42)31-24-27-39(45-28-31)50-37-23-13-11-21-35(37)40-38(50)26-25-34-33-20-10-12-22-36(33)49(41(34)40)32-18-8-3-9-19-32;1-4-14-29(15-5-1)42-46-43(30-16-6-2-7-17-30)48-44(47-42)31-24-27-39(45-28-31)50-38-23-13-11-21-34(38)36-26-25-35-33-20-10-12-22-37(33)49(40(35)41(36)50)32-18-8-3-9-19-32/h3*1-28H. The first-order valence-electron chi connectivity index (χ1n) is 50.0. The molecule has 150 heavy (non-hydrogen) atoms. The summed E-state index contributed by atoms with van der Waals surface area (Å²) in [7, 11) is 0. The monoisotopic (exact) mass is 1920 g/mol. The topological polar surface area (TPSA) is 184 Å². The van der Waals surface area contributed by atoms with Crippen molar-refractivity contribution in [2.45, 2.75) is 0 Å². The van der Waals surface area contributed by atoms with Crippen LogP contribution in [0.4, 0.5) is 0 Å². The van der Waals surface area contributed by atoms with Gasteiger partial charge < -0.3 is 13.7 Å². The highest BCUT2D eigenvalue weighted by Gasteiger charge is 2.29. The van der Waals surface area contributed by atoms with Crippen molar-refractivity contribution in [2.24, 2.45) is 0 Å². The van der Waals surface area contributed by atoms with Crippen LogP contribution >= 0.6 is 0 Å². The van der Waals surface area contributed by atoms with E-state index < -0.39 is 0 Å². The van der Waals surface area contributed by atoms with Crippen molar-refractivity contribution in [3.8, 4) is 137 Å². The lowest BCUT2D eigenvalue weighted by molar-refractivity contribution is 1.03. The lowest BCUT2D eigenvalue weighted by atomic mass is 10.1. The molecule has 18 aromatic carbocycles. The third kappa shape index (κ3) is 15.1. The largest absolute Gasteiger partial charge is 0.309 e. The molecule has 0 bridgehead atoms. The number of fused-ring (bicyclic) bond motifs is 21. The van der Waals surface area contributed by atoms with Gasteiger partial charge in [-0.3, -0.25) is 13.7 Å². The molecule has 30 aromatic rings. The smallest absolute Gasteiger partial charge is 0.182 e. The third-order valence-electron chi connectivity index (χ3n) is 28.2. The Balaban J connectivity index is 0.000000108. The summed E-state index contributed by atoms with van der Waals surface area (Å²) in [5, 5.41) is 14.3. The van der Waals surface area contributed by atoms with Gasteiger partial charge in [-0.05, 0) is 115 Å². The molecule has 12 aromatic heterocycles. The Bertz CT molecular complexity index is 10200. The van der Waals surface area contributed by atoms with E-state index in [9.17, 15) is 0 Å². The zero-order valence-corrected chi connectivity index (χ0v) is 80.5. The lowest BCUT2D eigenvalue weighted by Gasteiger charge is -2.13. The molecule has 0 radical (unpaired) electrons. The fraction of sp³-hybridized carbons (Fsp3) is 0. The molecule has 18 heteroatoms. The van der Waals surface area contributed by atoms with Crippen molar-refractivity contribution in [3.63, 3.8) is 0 Å². The van der Waals surface area contributed by atoms with Crippen LogP contribution in [0.25, 0.3) is 268 Å². The average Bonchev–Trinajstić information content (AvgIpc) is 1.55. The summed E-state index contributed by atoms with van der Waals surface area (Å²) in [6.07, 6.45) is 3.75. The van der Waals surface area contributed by atoms with Crippen LogP contribution in [-0.4, -0.2) is 87.2 Å². The molecule has 0 aliphatic rings. The highest BCUT2D eigenvalue weighted by atomic mass is 15.1. The maximum atomic E-state index is 5.32. The van der Waals surface area contributed by atoms with E-state index in [-0.39, 0.29) is 0 Å². The van der Waals surface area contributed by atoms with Gasteiger partial charge in [0.1, 0.15) is 23.1 Å². The number of rotatable bonds is 15. The summed E-state index contributed by atoms with van der Waals surface area (Å²) in [4.78, 5) is 59.7. The maximum absolute atomic E-state index is 5.32. The number of pyridine rings is 3. The summed E-state index contributed by atoms with van der Waals surface area (Å²) in [6, 6.07) is 172. The van der Waals surface area contributed by atoms with E-state index in [1.807, 2.05) is 207 Å². The molecule has 18 nitrogen and oxygen atoms in total. The molecule has 702 valence electrons. The summed E-state index contributed by atoms with van der Waals surface area (Å²) >= 11 is 0. The zero-order valence-electron chi connectivity index (χ0n) is 80.5. The first-order chi connectivity index (χ1) is 74.4. The van der Waals surface area contributed by atoms with Gasteiger partial charge in [0.2, 0.25) is 0 Å². The van der Waals surface area contributed by atoms with Crippen LogP contribution in [0.3, 0.4) is 0 Å². The van der Waals surface area contributed by atoms with Crippen LogP contribution in [-0.2, 0) is 0 Å². The molecular formula is C132H84N18. The van der Waals surface area contributed by atoms with Crippen molar-refractivity contribution in [3.05, 3.63) is 510 Å². The summed E-state index contributed by atoms with van der Waals surface area (Å²) in [5.41, 5.74) is 24.8. The maximum Gasteiger partial charge on any atom is 0.182 e. The minimum absolute atomic E-state index is 0.517. The Morgan fingerprint density at radius 1 is 0.127 bits per heavy atom. The van der Waals surface area contributed by atoms with E-state index in [1.165, 1.54) is 75.8 Å². The summed E-state index contributed by atoms with van der Waals surface area (Å²) in [5.74, 6) is 7.79. The molecule has 0 amide bonds. The van der Waals surface area contributed by atoms with Crippen molar-refractivity contribution >= 4 is 131 Å². The molecule has 0 N–H and O–H groups in total. The van der Waals surface area contributed by atoms with E-state index in [1.54, 1.807) is 0 Å². The average molecular weight is 1920 g/mol. The van der Waals surface area contributed by atoms with Crippen LogP contribution in [0.15, 0.2) is 510 Å². The second-order valence-electron chi connectivity index (χ2n) is 37.0. The van der Waals surface area contributed by atoms with Crippen molar-refractivity contribution in [2.75, 3.05) is 0 Å². The minimum Gasteiger partial charge on any atom is -0.309 e. The highest BCUT2D eigenvalue weighted by molar-refractivity contribution is 6.28. The van der Waals surface area contributed by atoms with Crippen molar-refractivity contribution in [1.82, 2.24) is 87.2 Å². The second kappa shape index (κ2) is 36.9. The third-order valence-corrected chi connectivity index (χ3v) is 28.2. The van der Waals surface area contributed by atoms with Gasteiger partial charge in [-0.25, -0.2) is 59.8 Å². The molecule has 0 aliphatic heterocycles. The van der Waals surface area contributed by atoms with Gasteiger partial charge >= 0.3 is 0 Å². The number of nitrogens with zero attached hydrogens (tertiary/aromatic N) is 18. The highest BCUT2D eigenvalue weighted by Crippen LogP contribution is 2.48. The van der Waals surface area contributed by atoms with E-state index >= 15 is 0 Å². The second-order valence-corrected chi connectivity index (χ2v) is 37.0. The Hall–Kier alpha value is -20.8. The van der Waals surface area contributed by atoms with Gasteiger partial charge in [0.25, 0.3) is 0 Å². The fourth-order valence-corrected chi connectivity index (χ4v) is 21.5. The lowest BCUT2D eigenvalue weighted by Crippen LogP contribution is -2.04. The van der Waals surface area contributed by atoms with E-state index in [4.69, 9.17) is 59.8 Å². The minimum atomic E-state index is 0.517. The molecule has 0 atom stereocenters. The molecule has 0 unspecified atom stereocenters.